The fourth-order valence-electron chi connectivity index (χ4n) is 1.03. The fourth-order valence-corrected chi connectivity index (χ4v) is 1.19. The van der Waals surface area contributed by atoms with Crippen molar-refractivity contribution in [1.29, 1.82) is 5.26 Å². The molecule has 1 aromatic heterocycles. The average molecular weight is 241 g/mol. The van der Waals surface area contributed by atoms with E-state index in [1.807, 2.05) is 6.92 Å². The summed E-state index contributed by atoms with van der Waals surface area (Å²) in [6.45, 7) is 3.30. The SMILES string of the molecule is CCNc1nc(Cl)nc(NCCCC#N)n1. The van der Waals surface area contributed by atoms with Crippen molar-refractivity contribution in [2.75, 3.05) is 23.7 Å². The first-order chi connectivity index (χ1) is 7.76. The summed E-state index contributed by atoms with van der Waals surface area (Å²) >= 11 is 5.73. The number of unbranched alkanes of at least 4 members (excludes halogenated alkanes) is 1. The van der Waals surface area contributed by atoms with E-state index in [4.69, 9.17) is 16.9 Å². The van der Waals surface area contributed by atoms with Gasteiger partial charge in [0.2, 0.25) is 17.2 Å². The van der Waals surface area contributed by atoms with E-state index >= 15 is 0 Å². The van der Waals surface area contributed by atoms with Gasteiger partial charge in [0, 0.05) is 19.5 Å². The molecule has 7 heteroatoms. The summed E-state index contributed by atoms with van der Waals surface area (Å²) in [5, 5.41) is 14.5. The van der Waals surface area contributed by atoms with E-state index in [-0.39, 0.29) is 5.28 Å². The Bertz CT molecular complexity index is 375. The molecule has 1 rings (SSSR count). The molecule has 0 saturated heterocycles. The third-order valence-electron chi connectivity index (χ3n) is 1.69. The molecule has 1 heterocycles. The zero-order valence-electron chi connectivity index (χ0n) is 9.00. The number of halogens is 1. The standard InChI is InChI=1S/C9H13ClN6/c1-2-12-8-14-7(10)15-9(16-8)13-6-4-3-5-11/h2-4,6H2,1H3,(H2,12,13,14,15,16). The fraction of sp³-hybridized carbons (Fsp3) is 0.556. The first kappa shape index (κ1) is 12.5. The molecule has 0 aromatic carbocycles. The zero-order chi connectivity index (χ0) is 11.8. The van der Waals surface area contributed by atoms with E-state index in [1.54, 1.807) is 0 Å². The molecule has 0 saturated carbocycles. The third-order valence-corrected chi connectivity index (χ3v) is 1.86. The van der Waals surface area contributed by atoms with Gasteiger partial charge in [-0.1, -0.05) is 0 Å². The van der Waals surface area contributed by atoms with Gasteiger partial charge in [-0.2, -0.15) is 20.2 Å². The van der Waals surface area contributed by atoms with Crippen LogP contribution in [0.2, 0.25) is 5.28 Å². The second-order valence-electron chi connectivity index (χ2n) is 2.97. The van der Waals surface area contributed by atoms with Crippen LogP contribution < -0.4 is 10.6 Å². The summed E-state index contributed by atoms with van der Waals surface area (Å²) in [4.78, 5) is 11.9. The minimum Gasteiger partial charge on any atom is -0.354 e. The molecule has 0 atom stereocenters. The molecular weight excluding hydrogens is 228 g/mol. The number of nitrogens with zero attached hydrogens (tertiary/aromatic N) is 4. The molecule has 0 fully saturated rings. The van der Waals surface area contributed by atoms with Crippen molar-refractivity contribution in [3.05, 3.63) is 5.28 Å². The largest absolute Gasteiger partial charge is 0.354 e. The van der Waals surface area contributed by atoms with Crippen LogP contribution in [0.25, 0.3) is 0 Å². The van der Waals surface area contributed by atoms with E-state index in [1.165, 1.54) is 0 Å². The number of anilines is 2. The highest BCUT2D eigenvalue weighted by Gasteiger charge is 2.03. The van der Waals surface area contributed by atoms with Crippen molar-refractivity contribution >= 4 is 23.5 Å². The van der Waals surface area contributed by atoms with E-state index < -0.39 is 0 Å². The van der Waals surface area contributed by atoms with Gasteiger partial charge in [0.25, 0.3) is 0 Å². The second kappa shape index (κ2) is 6.80. The smallest absolute Gasteiger partial charge is 0.228 e. The highest BCUT2D eigenvalue weighted by molar-refractivity contribution is 6.28. The van der Waals surface area contributed by atoms with Crippen molar-refractivity contribution in [2.45, 2.75) is 19.8 Å². The van der Waals surface area contributed by atoms with Crippen LogP contribution in [0.3, 0.4) is 0 Å². The van der Waals surface area contributed by atoms with E-state index in [2.05, 4.69) is 31.7 Å². The lowest BCUT2D eigenvalue weighted by Crippen LogP contribution is -2.09. The summed E-state index contributed by atoms with van der Waals surface area (Å²) in [5.74, 6) is 0.874. The van der Waals surface area contributed by atoms with Crippen molar-refractivity contribution in [3.63, 3.8) is 0 Å². The molecular formula is C9H13ClN6. The van der Waals surface area contributed by atoms with Crippen molar-refractivity contribution in [1.82, 2.24) is 15.0 Å². The summed E-state index contributed by atoms with van der Waals surface area (Å²) in [6.07, 6.45) is 1.25. The maximum atomic E-state index is 8.37. The van der Waals surface area contributed by atoms with Gasteiger partial charge in [-0.3, -0.25) is 0 Å². The molecule has 0 aliphatic heterocycles. The van der Waals surface area contributed by atoms with Crippen molar-refractivity contribution in [3.8, 4) is 6.07 Å². The lowest BCUT2D eigenvalue weighted by molar-refractivity contribution is 0.878. The van der Waals surface area contributed by atoms with Gasteiger partial charge in [-0.25, -0.2) is 0 Å². The number of rotatable bonds is 6. The quantitative estimate of drug-likeness (QED) is 0.736. The molecule has 0 aliphatic carbocycles. The van der Waals surface area contributed by atoms with Crippen LogP contribution in [-0.2, 0) is 0 Å². The second-order valence-corrected chi connectivity index (χ2v) is 3.31. The van der Waals surface area contributed by atoms with Crippen LogP contribution in [0.1, 0.15) is 19.8 Å². The van der Waals surface area contributed by atoms with Gasteiger partial charge >= 0.3 is 0 Å². The summed E-state index contributed by atoms with van der Waals surface area (Å²) in [6, 6.07) is 2.07. The number of nitrogens with one attached hydrogen (secondary N) is 2. The molecule has 2 N–H and O–H groups in total. The Morgan fingerprint density at radius 3 is 2.56 bits per heavy atom. The molecule has 6 nitrogen and oxygen atoms in total. The predicted molar refractivity (Wildman–Crippen MR) is 62.3 cm³/mol. The van der Waals surface area contributed by atoms with E-state index in [0.29, 0.717) is 31.4 Å². The Kier molecular flexibility index (Phi) is 5.29. The number of aromatic nitrogens is 3. The van der Waals surface area contributed by atoms with Gasteiger partial charge in [-0.15, -0.1) is 0 Å². The van der Waals surface area contributed by atoms with Crippen molar-refractivity contribution in [2.24, 2.45) is 0 Å². The Balaban J connectivity index is 2.55. The molecule has 0 spiro atoms. The normalized spacial score (nSPS) is 9.56. The summed E-state index contributed by atoms with van der Waals surface area (Å²) < 4.78 is 0. The predicted octanol–water partition coefficient (Wildman–Crippen LogP) is 1.67. The monoisotopic (exact) mass is 240 g/mol. The van der Waals surface area contributed by atoms with Crippen LogP contribution in [0.5, 0.6) is 0 Å². The lowest BCUT2D eigenvalue weighted by Gasteiger charge is -2.06. The van der Waals surface area contributed by atoms with Gasteiger partial charge in [0.15, 0.2) is 0 Å². The van der Waals surface area contributed by atoms with E-state index in [0.717, 1.165) is 6.42 Å². The molecule has 0 amide bonds. The summed E-state index contributed by atoms with van der Waals surface area (Å²) in [7, 11) is 0. The van der Waals surface area contributed by atoms with Gasteiger partial charge in [-0.05, 0) is 24.9 Å². The molecule has 0 bridgehead atoms. The summed E-state index contributed by atoms with van der Waals surface area (Å²) in [5.41, 5.74) is 0. The Hall–Kier alpha value is -1.61. The molecule has 0 aliphatic rings. The van der Waals surface area contributed by atoms with Crippen LogP contribution >= 0.6 is 11.6 Å². The lowest BCUT2D eigenvalue weighted by atomic mass is 10.3. The van der Waals surface area contributed by atoms with Crippen LogP contribution in [0.4, 0.5) is 11.9 Å². The Morgan fingerprint density at radius 2 is 1.94 bits per heavy atom. The van der Waals surface area contributed by atoms with Crippen LogP contribution in [0, 0.1) is 11.3 Å². The highest BCUT2D eigenvalue weighted by Crippen LogP contribution is 2.09. The number of hydrogen-bond donors (Lipinski definition) is 2. The molecule has 0 unspecified atom stereocenters. The maximum absolute atomic E-state index is 8.37. The highest BCUT2D eigenvalue weighted by atomic mass is 35.5. The first-order valence-electron chi connectivity index (χ1n) is 5.02. The van der Waals surface area contributed by atoms with Crippen LogP contribution in [0.15, 0.2) is 0 Å². The van der Waals surface area contributed by atoms with Gasteiger partial charge in [0.1, 0.15) is 0 Å². The topological polar surface area (TPSA) is 86.5 Å². The first-order valence-corrected chi connectivity index (χ1v) is 5.40. The number of nitriles is 1. The Labute approximate surface area is 99.1 Å². The molecule has 16 heavy (non-hydrogen) atoms. The molecule has 0 radical (unpaired) electrons. The molecule has 1 aromatic rings. The van der Waals surface area contributed by atoms with E-state index in [9.17, 15) is 0 Å². The minimum absolute atomic E-state index is 0.147. The van der Waals surface area contributed by atoms with Gasteiger partial charge in [0.05, 0.1) is 6.07 Å². The Morgan fingerprint density at radius 1 is 1.25 bits per heavy atom. The van der Waals surface area contributed by atoms with Crippen molar-refractivity contribution < 1.29 is 0 Å². The molecule has 86 valence electrons. The maximum Gasteiger partial charge on any atom is 0.228 e. The van der Waals surface area contributed by atoms with Crippen LogP contribution in [-0.4, -0.2) is 28.0 Å². The third kappa shape index (κ3) is 4.28. The average Bonchev–Trinajstić information content (AvgIpc) is 2.24. The number of hydrogen-bond acceptors (Lipinski definition) is 6. The van der Waals surface area contributed by atoms with Gasteiger partial charge < -0.3 is 10.6 Å². The minimum atomic E-state index is 0.147. The zero-order valence-corrected chi connectivity index (χ0v) is 9.75.